The second-order valence-corrected chi connectivity index (χ2v) is 8.41. The topological polar surface area (TPSA) is 54.7 Å². The molecule has 0 spiro atoms. The molecule has 4 rings (SSSR count). The SMILES string of the molecule is CCCN(C(=O)c1cc2c(=O)n3ccccc3nc2s1)c1ccc(C(C)C)cc1. The number of carbonyl (C=O) groups is 1. The minimum atomic E-state index is -0.149. The van der Waals surface area contributed by atoms with Gasteiger partial charge in [-0.25, -0.2) is 4.98 Å². The highest BCUT2D eigenvalue weighted by atomic mass is 32.1. The van der Waals surface area contributed by atoms with Crippen LogP contribution in [-0.2, 0) is 0 Å². The van der Waals surface area contributed by atoms with Gasteiger partial charge in [0.1, 0.15) is 10.5 Å². The van der Waals surface area contributed by atoms with Crippen molar-refractivity contribution >= 4 is 38.8 Å². The van der Waals surface area contributed by atoms with Crippen LogP contribution in [0.1, 0.15) is 48.3 Å². The van der Waals surface area contributed by atoms with Gasteiger partial charge in [-0.2, -0.15) is 0 Å². The molecule has 148 valence electrons. The molecule has 6 heteroatoms. The molecule has 1 amide bonds. The van der Waals surface area contributed by atoms with E-state index in [4.69, 9.17) is 0 Å². The number of aromatic nitrogens is 2. The molecule has 0 saturated carbocycles. The number of rotatable bonds is 5. The molecular formula is C23H23N3O2S. The molecule has 0 fully saturated rings. The second-order valence-electron chi connectivity index (χ2n) is 7.38. The summed E-state index contributed by atoms with van der Waals surface area (Å²) in [6, 6.07) is 15.3. The number of thiophene rings is 1. The van der Waals surface area contributed by atoms with E-state index in [1.165, 1.54) is 21.3 Å². The van der Waals surface area contributed by atoms with E-state index in [1.54, 1.807) is 29.3 Å². The number of anilines is 1. The molecule has 0 radical (unpaired) electrons. The molecule has 0 aliphatic carbocycles. The van der Waals surface area contributed by atoms with Crippen LogP contribution >= 0.6 is 11.3 Å². The quantitative estimate of drug-likeness (QED) is 0.465. The average molecular weight is 406 g/mol. The molecule has 5 nitrogen and oxygen atoms in total. The van der Waals surface area contributed by atoms with Gasteiger partial charge in [0, 0.05) is 18.4 Å². The number of hydrogen-bond acceptors (Lipinski definition) is 4. The van der Waals surface area contributed by atoms with Crippen molar-refractivity contribution < 1.29 is 4.79 Å². The Hall–Kier alpha value is -2.99. The first-order valence-corrected chi connectivity index (χ1v) is 10.6. The van der Waals surface area contributed by atoms with Crippen LogP contribution in [0.4, 0.5) is 5.69 Å². The Kier molecular flexibility index (Phi) is 5.20. The van der Waals surface area contributed by atoms with Crippen molar-refractivity contribution in [2.45, 2.75) is 33.1 Å². The van der Waals surface area contributed by atoms with Crippen molar-refractivity contribution in [1.82, 2.24) is 9.38 Å². The number of amides is 1. The molecule has 0 atom stereocenters. The predicted molar refractivity (Wildman–Crippen MR) is 119 cm³/mol. The highest BCUT2D eigenvalue weighted by molar-refractivity contribution is 7.20. The van der Waals surface area contributed by atoms with Crippen LogP contribution in [0.25, 0.3) is 15.9 Å². The summed E-state index contributed by atoms with van der Waals surface area (Å²) >= 11 is 1.28. The summed E-state index contributed by atoms with van der Waals surface area (Å²) in [5, 5.41) is 0.480. The van der Waals surface area contributed by atoms with Crippen molar-refractivity contribution in [2.24, 2.45) is 0 Å². The fraction of sp³-hybridized carbons (Fsp3) is 0.261. The maximum absolute atomic E-state index is 13.3. The fourth-order valence-electron chi connectivity index (χ4n) is 3.40. The first-order chi connectivity index (χ1) is 14.0. The maximum Gasteiger partial charge on any atom is 0.268 e. The Morgan fingerprint density at radius 1 is 1.17 bits per heavy atom. The van der Waals surface area contributed by atoms with Gasteiger partial charge in [-0.05, 0) is 48.2 Å². The highest BCUT2D eigenvalue weighted by Gasteiger charge is 2.21. The Labute approximate surface area is 173 Å². The summed E-state index contributed by atoms with van der Waals surface area (Å²) in [6.45, 7) is 6.96. The summed E-state index contributed by atoms with van der Waals surface area (Å²) in [4.78, 5) is 33.6. The molecule has 0 unspecified atom stereocenters. The van der Waals surface area contributed by atoms with Gasteiger partial charge >= 0.3 is 0 Å². The molecule has 4 aromatic rings. The van der Waals surface area contributed by atoms with E-state index < -0.39 is 0 Å². The summed E-state index contributed by atoms with van der Waals surface area (Å²) in [6.07, 6.45) is 2.54. The lowest BCUT2D eigenvalue weighted by Crippen LogP contribution is -2.31. The number of fused-ring (bicyclic) bond motifs is 2. The average Bonchev–Trinajstić information content (AvgIpc) is 3.16. The van der Waals surface area contributed by atoms with E-state index in [1.807, 2.05) is 25.1 Å². The molecular weight excluding hydrogens is 382 g/mol. The molecule has 0 bridgehead atoms. The van der Waals surface area contributed by atoms with Crippen LogP contribution in [0.2, 0.25) is 0 Å². The molecule has 0 aliphatic rings. The Morgan fingerprint density at radius 3 is 2.62 bits per heavy atom. The third-order valence-electron chi connectivity index (χ3n) is 4.99. The molecule has 0 N–H and O–H groups in total. The maximum atomic E-state index is 13.3. The Bertz CT molecular complexity index is 1240. The number of nitrogens with zero attached hydrogens (tertiary/aromatic N) is 3. The van der Waals surface area contributed by atoms with E-state index in [2.05, 4.69) is 31.0 Å². The molecule has 1 aromatic carbocycles. The summed E-state index contributed by atoms with van der Waals surface area (Å²) in [5.74, 6) is 0.343. The third-order valence-corrected chi connectivity index (χ3v) is 6.01. The van der Waals surface area contributed by atoms with E-state index in [0.29, 0.717) is 33.2 Å². The monoisotopic (exact) mass is 405 g/mol. The van der Waals surface area contributed by atoms with Gasteiger partial charge < -0.3 is 4.90 Å². The van der Waals surface area contributed by atoms with Gasteiger partial charge in [-0.1, -0.05) is 39.0 Å². The second kappa shape index (κ2) is 7.79. The molecule has 0 saturated heterocycles. The Balaban J connectivity index is 1.76. The van der Waals surface area contributed by atoms with Crippen LogP contribution < -0.4 is 10.5 Å². The van der Waals surface area contributed by atoms with Crippen LogP contribution in [0.3, 0.4) is 0 Å². The molecule has 3 heterocycles. The van der Waals surface area contributed by atoms with Crippen LogP contribution in [-0.4, -0.2) is 21.8 Å². The summed E-state index contributed by atoms with van der Waals surface area (Å²) in [7, 11) is 0. The van der Waals surface area contributed by atoms with Crippen molar-refractivity contribution in [3.63, 3.8) is 0 Å². The van der Waals surface area contributed by atoms with Crippen LogP contribution in [0.5, 0.6) is 0 Å². The number of carbonyl (C=O) groups excluding carboxylic acids is 1. The number of hydrogen-bond donors (Lipinski definition) is 0. The first-order valence-electron chi connectivity index (χ1n) is 9.82. The lowest BCUT2D eigenvalue weighted by atomic mass is 10.0. The lowest BCUT2D eigenvalue weighted by Gasteiger charge is -2.22. The number of benzene rings is 1. The van der Waals surface area contributed by atoms with Crippen molar-refractivity contribution in [3.8, 4) is 0 Å². The van der Waals surface area contributed by atoms with Crippen molar-refractivity contribution in [1.29, 1.82) is 0 Å². The van der Waals surface area contributed by atoms with E-state index in [9.17, 15) is 9.59 Å². The van der Waals surface area contributed by atoms with Crippen molar-refractivity contribution in [2.75, 3.05) is 11.4 Å². The van der Waals surface area contributed by atoms with Crippen LogP contribution in [0.15, 0.2) is 59.5 Å². The van der Waals surface area contributed by atoms with Crippen molar-refractivity contribution in [3.05, 3.63) is 75.5 Å². The van der Waals surface area contributed by atoms with Gasteiger partial charge in [-0.15, -0.1) is 11.3 Å². The molecule has 3 aromatic heterocycles. The molecule has 29 heavy (non-hydrogen) atoms. The minimum Gasteiger partial charge on any atom is -0.308 e. The lowest BCUT2D eigenvalue weighted by molar-refractivity contribution is 0.0991. The minimum absolute atomic E-state index is 0.0967. The Morgan fingerprint density at radius 2 is 1.93 bits per heavy atom. The van der Waals surface area contributed by atoms with Gasteiger partial charge in [0.05, 0.1) is 10.3 Å². The smallest absolute Gasteiger partial charge is 0.268 e. The van der Waals surface area contributed by atoms with E-state index in [0.717, 1.165) is 12.1 Å². The van der Waals surface area contributed by atoms with Gasteiger partial charge in [0.25, 0.3) is 11.5 Å². The summed E-state index contributed by atoms with van der Waals surface area (Å²) < 4.78 is 1.51. The number of pyridine rings is 1. The van der Waals surface area contributed by atoms with Gasteiger partial charge in [0.15, 0.2) is 0 Å². The third kappa shape index (κ3) is 3.56. The van der Waals surface area contributed by atoms with Gasteiger partial charge in [-0.3, -0.25) is 14.0 Å². The standard InChI is InChI=1S/C23H23N3O2S/c1-4-12-25(17-10-8-16(9-11-17)15(2)3)23(28)19-14-18-21(29-19)24-20-7-5-6-13-26(20)22(18)27/h5-11,13-15H,4,12H2,1-3H3. The van der Waals surface area contributed by atoms with E-state index in [-0.39, 0.29) is 11.5 Å². The molecule has 0 aliphatic heterocycles. The summed E-state index contributed by atoms with van der Waals surface area (Å²) in [5.41, 5.74) is 2.54. The normalized spacial score (nSPS) is 11.4. The zero-order valence-corrected chi connectivity index (χ0v) is 17.6. The zero-order valence-electron chi connectivity index (χ0n) is 16.8. The highest BCUT2D eigenvalue weighted by Crippen LogP contribution is 2.27. The predicted octanol–water partition coefficient (Wildman–Crippen LogP) is 5.09. The van der Waals surface area contributed by atoms with Crippen LogP contribution in [0, 0.1) is 0 Å². The zero-order chi connectivity index (χ0) is 20.5. The largest absolute Gasteiger partial charge is 0.308 e. The van der Waals surface area contributed by atoms with Gasteiger partial charge in [0.2, 0.25) is 0 Å². The fourth-order valence-corrected chi connectivity index (χ4v) is 4.38. The first kappa shape index (κ1) is 19.3. The van der Waals surface area contributed by atoms with E-state index >= 15 is 0 Å².